The van der Waals surface area contributed by atoms with Crippen LogP contribution in [0.1, 0.15) is 26.2 Å². The Hall–Kier alpha value is -0.160. The van der Waals surface area contributed by atoms with Crippen molar-refractivity contribution in [3.05, 3.63) is 0 Å². The Morgan fingerprint density at radius 1 is 0.733 bits per heavy atom. The molecule has 0 heterocycles. The van der Waals surface area contributed by atoms with Gasteiger partial charge < -0.3 is 18.9 Å². The maximum Gasteiger partial charge on any atom is 0.159 e. The fourth-order valence-electron chi connectivity index (χ4n) is 1.51. The Kier molecular flexibility index (Phi) is 9.00. The van der Waals surface area contributed by atoms with E-state index in [1.807, 2.05) is 0 Å². The van der Waals surface area contributed by atoms with E-state index in [1.165, 1.54) is 0 Å². The molecular formula is C11H24O4. The third kappa shape index (κ3) is 6.10. The molecule has 0 saturated carbocycles. The maximum atomic E-state index is 5.38. The van der Waals surface area contributed by atoms with Gasteiger partial charge in [0, 0.05) is 34.9 Å². The fourth-order valence-corrected chi connectivity index (χ4v) is 1.51. The van der Waals surface area contributed by atoms with E-state index >= 15 is 0 Å². The van der Waals surface area contributed by atoms with Gasteiger partial charge in [-0.05, 0) is 12.8 Å². The lowest BCUT2D eigenvalue weighted by Crippen LogP contribution is -2.27. The van der Waals surface area contributed by atoms with Gasteiger partial charge in [-0.2, -0.15) is 0 Å². The normalized spacial score (nSPS) is 15.6. The van der Waals surface area contributed by atoms with E-state index in [1.54, 1.807) is 28.4 Å². The number of methoxy groups -OCH3 is 4. The second-order valence-corrected chi connectivity index (χ2v) is 3.50. The highest BCUT2D eigenvalue weighted by molar-refractivity contribution is 4.66. The molecule has 0 fully saturated rings. The summed E-state index contributed by atoms with van der Waals surface area (Å²) in [6, 6.07) is 0. The molecule has 0 N–H and O–H groups in total. The molecule has 0 aromatic rings. The van der Waals surface area contributed by atoms with Gasteiger partial charge in [-0.3, -0.25) is 0 Å². The summed E-state index contributed by atoms with van der Waals surface area (Å²) in [6.45, 7) is 2.10. The zero-order valence-corrected chi connectivity index (χ0v) is 10.5. The van der Waals surface area contributed by atoms with Gasteiger partial charge in [0.25, 0.3) is 0 Å². The van der Waals surface area contributed by atoms with Crippen molar-refractivity contribution in [2.75, 3.05) is 28.4 Å². The molecule has 0 saturated heterocycles. The van der Waals surface area contributed by atoms with Gasteiger partial charge in [-0.25, -0.2) is 0 Å². The van der Waals surface area contributed by atoms with Gasteiger partial charge >= 0.3 is 0 Å². The molecule has 0 bridgehead atoms. The molecule has 0 radical (unpaired) electrons. The first-order valence-corrected chi connectivity index (χ1v) is 5.32. The molecule has 0 aliphatic rings. The van der Waals surface area contributed by atoms with Crippen LogP contribution in [0.3, 0.4) is 0 Å². The first-order chi connectivity index (χ1) is 7.21. The van der Waals surface area contributed by atoms with Crippen LogP contribution in [0.25, 0.3) is 0 Å². The van der Waals surface area contributed by atoms with Gasteiger partial charge in [0.05, 0.1) is 12.2 Å². The van der Waals surface area contributed by atoms with Crippen molar-refractivity contribution in [1.29, 1.82) is 0 Å². The molecule has 4 nitrogen and oxygen atoms in total. The first kappa shape index (κ1) is 14.8. The molecule has 0 spiro atoms. The predicted molar refractivity (Wildman–Crippen MR) is 58.9 cm³/mol. The second kappa shape index (κ2) is 9.09. The van der Waals surface area contributed by atoms with Gasteiger partial charge in [0.15, 0.2) is 6.29 Å². The van der Waals surface area contributed by atoms with Crippen molar-refractivity contribution in [2.45, 2.75) is 44.7 Å². The summed E-state index contributed by atoms with van der Waals surface area (Å²) in [5, 5.41) is 0. The van der Waals surface area contributed by atoms with E-state index in [-0.39, 0.29) is 18.5 Å². The minimum Gasteiger partial charge on any atom is -0.381 e. The van der Waals surface area contributed by atoms with E-state index in [0.717, 1.165) is 19.3 Å². The van der Waals surface area contributed by atoms with E-state index in [9.17, 15) is 0 Å². The monoisotopic (exact) mass is 220 g/mol. The summed E-state index contributed by atoms with van der Waals surface area (Å²) in [7, 11) is 6.70. The zero-order valence-electron chi connectivity index (χ0n) is 10.5. The van der Waals surface area contributed by atoms with Gasteiger partial charge in [-0.15, -0.1) is 0 Å². The average molecular weight is 220 g/mol. The van der Waals surface area contributed by atoms with Crippen molar-refractivity contribution in [2.24, 2.45) is 0 Å². The van der Waals surface area contributed by atoms with Crippen LogP contribution in [-0.4, -0.2) is 46.9 Å². The van der Waals surface area contributed by atoms with E-state index in [0.29, 0.717) is 0 Å². The minimum absolute atomic E-state index is 0.111. The third-order valence-electron chi connectivity index (χ3n) is 2.63. The van der Waals surface area contributed by atoms with E-state index < -0.39 is 0 Å². The van der Waals surface area contributed by atoms with E-state index in [2.05, 4.69) is 6.92 Å². The topological polar surface area (TPSA) is 36.9 Å². The Bertz CT molecular complexity index is 119. The highest BCUT2D eigenvalue weighted by Crippen LogP contribution is 2.14. The largest absolute Gasteiger partial charge is 0.381 e. The second-order valence-electron chi connectivity index (χ2n) is 3.50. The van der Waals surface area contributed by atoms with Crippen molar-refractivity contribution in [3.8, 4) is 0 Å². The zero-order chi connectivity index (χ0) is 11.7. The van der Waals surface area contributed by atoms with Crippen molar-refractivity contribution in [3.63, 3.8) is 0 Å². The Balaban J connectivity index is 4.00. The van der Waals surface area contributed by atoms with Crippen LogP contribution in [0.5, 0.6) is 0 Å². The lowest BCUT2D eigenvalue weighted by Gasteiger charge is -2.23. The average Bonchev–Trinajstić information content (AvgIpc) is 2.30. The number of rotatable bonds is 9. The summed E-state index contributed by atoms with van der Waals surface area (Å²) < 4.78 is 21.0. The van der Waals surface area contributed by atoms with Crippen LogP contribution in [0.4, 0.5) is 0 Å². The molecule has 0 rings (SSSR count). The van der Waals surface area contributed by atoms with Gasteiger partial charge in [0.2, 0.25) is 0 Å². The lowest BCUT2D eigenvalue weighted by molar-refractivity contribution is -0.130. The van der Waals surface area contributed by atoms with Crippen LogP contribution in [0.15, 0.2) is 0 Å². The smallest absolute Gasteiger partial charge is 0.159 e. The Labute approximate surface area is 92.8 Å². The van der Waals surface area contributed by atoms with Crippen molar-refractivity contribution in [1.82, 2.24) is 0 Å². The molecule has 0 aromatic carbocycles. The summed E-state index contributed by atoms with van der Waals surface area (Å²) in [5.41, 5.74) is 0. The highest BCUT2D eigenvalue weighted by atomic mass is 16.7. The molecule has 0 aromatic heterocycles. The summed E-state index contributed by atoms with van der Waals surface area (Å²) in [5.74, 6) is 0. The number of hydrogen-bond donors (Lipinski definition) is 0. The highest BCUT2D eigenvalue weighted by Gasteiger charge is 2.19. The predicted octanol–water partition coefficient (Wildman–Crippen LogP) is 1.83. The van der Waals surface area contributed by atoms with Crippen LogP contribution in [0, 0.1) is 0 Å². The molecule has 0 aliphatic carbocycles. The van der Waals surface area contributed by atoms with Crippen LogP contribution >= 0.6 is 0 Å². The first-order valence-electron chi connectivity index (χ1n) is 5.32. The summed E-state index contributed by atoms with van der Waals surface area (Å²) in [6.07, 6.45) is 2.73. The molecule has 4 heteroatoms. The Morgan fingerprint density at radius 2 is 1.27 bits per heavy atom. The van der Waals surface area contributed by atoms with Gasteiger partial charge in [0.1, 0.15) is 0 Å². The maximum absolute atomic E-state index is 5.38. The molecule has 15 heavy (non-hydrogen) atoms. The van der Waals surface area contributed by atoms with Crippen LogP contribution in [-0.2, 0) is 18.9 Å². The molecule has 0 amide bonds. The molecular weight excluding hydrogens is 196 g/mol. The third-order valence-corrected chi connectivity index (χ3v) is 2.63. The lowest BCUT2D eigenvalue weighted by atomic mass is 10.1. The SMILES string of the molecule is CCC(CC(CC(OC)OC)OC)OC. The number of hydrogen-bond acceptors (Lipinski definition) is 4. The van der Waals surface area contributed by atoms with Crippen molar-refractivity contribution >= 4 is 0 Å². The standard InChI is InChI=1S/C11H24O4/c1-6-9(12-2)7-10(13-3)8-11(14-4)15-5/h9-11H,6-8H2,1-5H3. The molecule has 2 unspecified atom stereocenters. The quantitative estimate of drug-likeness (QED) is 0.555. The minimum atomic E-state index is -0.204. The van der Waals surface area contributed by atoms with Crippen LogP contribution < -0.4 is 0 Å². The fraction of sp³-hybridized carbons (Fsp3) is 1.00. The van der Waals surface area contributed by atoms with Crippen molar-refractivity contribution < 1.29 is 18.9 Å². The molecule has 2 atom stereocenters. The molecule has 0 aliphatic heterocycles. The van der Waals surface area contributed by atoms with Gasteiger partial charge in [-0.1, -0.05) is 6.92 Å². The summed E-state index contributed by atoms with van der Waals surface area (Å²) in [4.78, 5) is 0. The Morgan fingerprint density at radius 3 is 1.60 bits per heavy atom. The summed E-state index contributed by atoms with van der Waals surface area (Å²) >= 11 is 0. The number of ether oxygens (including phenoxy) is 4. The molecule has 92 valence electrons. The van der Waals surface area contributed by atoms with E-state index in [4.69, 9.17) is 18.9 Å². The van der Waals surface area contributed by atoms with Crippen LogP contribution in [0.2, 0.25) is 0 Å².